The van der Waals surface area contributed by atoms with Crippen LogP contribution in [0.5, 0.6) is 0 Å². The molecule has 0 bridgehead atoms. The maximum absolute atomic E-state index is 12.7. The molecule has 10 heteroatoms. The highest BCUT2D eigenvalue weighted by atomic mass is 19.3. The van der Waals surface area contributed by atoms with E-state index in [0.29, 0.717) is 37.3 Å². The lowest BCUT2D eigenvalue weighted by Crippen LogP contribution is -2.29. The first kappa shape index (κ1) is 19.5. The minimum absolute atomic E-state index is 0.263. The van der Waals surface area contributed by atoms with Crippen molar-refractivity contribution in [3.05, 3.63) is 45.4 Å². The van der Waals surface area contributed by atoms with E-state index in [-0.39, 0.29) is 23.6 Å². The zero-order valence-electron chi connectivity index (χ0n) is 16.1. The number of hydroxylamine groups is 1. The molecule has 1 saturated heterocycles. The van der Waals surface area contributed by atoms with Gasteiger partial charge in [-0.2, -0.15) is 4.98 Å². The number of nitrogens with one attached hydrogen (secondary N) is 1. The number of alkyl halides is 2. The van der Waals surface area contributed by atoms with Crippen molar-refractivity contribution in [2.45, 2.75) is 26.7 Å². The Kier molecular flexibility index (Phi) is 5.29. The van der Waals surface area contributed by atoms with Crippen LogP contribution in [0.3, 0.4) is 0 Å². The van der Waals surface area contributed by atoms with E-state index in [1.807, 2.05) is 13.8 Å². The van der Waals surface area contributed by atoms with Crippen LogP contribution in [0.15, 0.2) is 23.1 Å². The second-order valence-electron chi connectivity index (χ2n) is 6.92. The number of hydrogen-bond donors (Lipinski definition) is 1. The minimum Gasteiger partial charge on any atom is -0.377 e. The van der Waals surface area contributed by atoms with Gasteiger partial charge in [-0.15, -0.1) is 5.10 Å². The van der Waals surface area contributed by atoms with Crippen molar-refractivity contribution in [1.82, 2.24) is 19.7 Å². The summed E-state index contributed by atoms with van der Waals surface area (Å²) in [4.78, 5) is 25.3. The summed E-state index contributed by atoms with van der Waals surface area (Å²) in [7, 11) is 0. The van der Waals surface area contributed by atoms with Gasteiger partial charge in [-0.3, -0.25) is 14.6 Å². The predicted molar refractivity (Wildman–Crippen MR) is 103 cm³/mol. The average Bonchev–Trinajstić information content (AvgIpc) is 2.87. The fraction of sp³-hybridized carbons (Fsp3) is 0.421. The molecule has 0 radical (unpaired) electrons. The lowest BCUT2D eigenvalue weighted by molar-refractivity contribution is 0.0874. The number of aromatic amines is 1. The zero-order chi connectivity index (χ0) is 20.5. The largest absolute Gasteiger partial charge is 0.377 e. The smallest absolute Gasteiger partial charge is 0.263 e. The molecule has 2 aromatic heterocycles. The van der Waals surface area contributed by atoms with Crippen LogP contribution in [0.25, 0.3) is 16.7 Å². The molecule has 3 aromatic rings. The van der Waals surface area contributed by atoms with Crippen LogP contribution in [0.4, 0.5) is 14.7 Å². The summed E-state index contributed by atoms with van der Waals surface area (Å²) in [6.45, 7) is 5.38. The third kappa shape index (κ3) is 3.99. The van der Waals surface area contributed by atoms with Crippen LogP contribution in [-0.4, -0.2) is 52.5 Å². The molecule has 0 aliphatic carbocycles. The summed E-state index contributed by atoms with van der Waals surface area (Å²) < 4.78 is 32.3. The van der Waals surface area contributed by atoms with E-state index < -0.39 is 6.43 Å². The molecular weight excluding hydrogens is 384 g/mol. The Hall–Kier alpha value is -2.85. The first-order valence-electron chi connectivity index (χ1n) is 9.29. The van der Waals surface area contributed by atoms with Crippen molar-refractivity contribution in [1.29, 1.82) is 0 Å². The first-order valence-corrected chi connectivity index (χ1v) is 9.29. The Morgan fingerprint density at radius 3 is 2.69 bits per heavy atom. The number of halogens is 2. The highest BCUT2D eigenvalue weighted by Crippen LogP contribution is 2.23. The second kappa shape index (κ2) is 7.88. The second-order valence-corrected chi connectivity index (χ2v) is 6.92. The van der Waals surface area contributed by atoms with Crippen LogP contribution < -0.4 is 10.6 Å². The molecule has 154 valence electrons. The van der Waals surface area contributed by atoms with Crippen molar-refractivity contribution in [2.75, 3.05) is 31.4 Å². The van der Waals surface area contributed by atoms with Gasteiger partial charge in [0, 0.05) is 12.6 Å². The normalized spacial score (nSPS) is 15.3. The molecule has 0 saturated carbocycles. The van der Waals surface area contributed by atoms with Crippen LogP contribution in [-0.2, 0) is 16.0 Å². The third-order valence-corrected chi connectivity index (χ3v) is 4.70. The molecular formula is C19H21F2N5O3. The number of rotatable bonds is 4. The molecule has 8 nitrogen and oxygen atoms in total. The van der Waals surface area contributed by atoms with Crippen molar-refractivity contribution in [3.8, 4) is 5.69 Å². The van der Waals surface area contributed by atoms with Gasteiger partial charge in [0.1, 0.15) is 5.39 Å². The summed E-state index contributed by atoms with van der Waals surface area (Å²) in [6, 6.07) is 3.43. The highest BCUT2D eigenvalue weighted by Gasteiger charge is 2.18. The van der Waals surface area contributed by atoms with Gasteiger partial charge in [-0.05, 0) is 30.5 Å². The zero-order valence-corrected chi connectivity index (χ0v) is 16.1. The van der Waals surface area contributed by atoms with Crippen LogP contribution in [0.1, 0.15) is 16.7 Å². The van der Waals surface area contributed by atoms with Gasteiger partial charge in [0.15, 0.2) is 5.65 Å². The van der Waals surface area contributed by atoms with E-state index in [9.17, 15) is 13.6 Å². The fourth-order valence-electron chi connectivity index (χ4n) is 3.53. The summed E-state index contributed by atoms with van der Waals surface area (Å²) in [5.41, 5.74) is 2.81. The fourth-order valence-corrected chi connectivity index (χ4v) is 3.53. The molecule has 1 aliphatic rings. The van der Waals surface area contributed by atoms with Gasteiger partial charge >= 0.3 is 0 Å². The molecule has 0 atom stereocenters. The summed E-state index contributed by atoms with van der Waals surface area (Å²) in [6.07, 6.45) is -1.10. The van der Waals surface area contributed by atoms with Crippen LogP contribution in [0.2, 0.25) is 0 Å². The average molecular weight is 405 g/mol. The van der Waals surface area contributed by atoms with Gasteiger partial charge in [0.05, 0.1) is 32.1 Å². The molecule has 3 heterocycles. The van der Waals surface area contributed by atoms with E-state index in [1.165, 1.54) is 5.06 Å². The van der Waals surface area contributed by atoms with Gasteiger partial charge in [0.25, 0.3) is 5.56 Å². The highest BCUT2D eigenvalue weighted by molar-refractivity contribution is 5.75. The number of aryl methyl sites for hydroxylation is 2. The van der Waals surface area contributed by atoms with E-state index >= 15 is 0 Å². The van der Waals surface area contributed by atoms with E-state index in [0.717, 1.165) is 16.8 Å². The van der Waals surface area contributed by atoms with E-state index in [2.05, 4.69) is 15.1 Å². The summed E-state index contributed by atoms with van der Waals surface area (Å²) in [5.74, 6) is 0.263. The Morgan fingerprint density at radius 2 is 1.97 bits per heavy atom. The molecule has 29 heavy (non-hydrogen) atoms. The Morgan fingerprint density at radius 1 is 1.21 bits per heavy atom. The Bertz CT molecular complexity index is 1060. The Balaban J connectivity index is 1.74. The predicted octanol–water partition coefficient (Wildman–Crippen LogP) is 2.30. The van der Waals surface area contributed by atoms with Gasteiger partial charge in [0.2, 0.25) is 12.4 Å². The number of benzene rings is 1. The van der Waals surface area contributed by atoms with Crippen molar-refractivity contribution in [2.24, 2.45) is 0 Å². The lowest BCUT2D eigenvalue weighted by atomic mass is 10.0. The maximum atomic E-state index is 12.7. The number of hydrogen-bond acceptors (Lipinski definition) is 6. The van der Waals surface area contributed by atoms with Crippen molar-refractivity contribution >= 4 is 17.0 Å². The molecule has 1 fully saturated rings. The first-order chi connectivity index (χ1) is 13.9. The number of H-pyrrole nitrogens is 1. The van der Waals surface area contributed by atoms with Gasteiger partial charge < -0.3 is 4.74 Å². The number of aromatic nitrogens is 4. The van der Waals surface area contributed by atoms with Crippen LogP contribution in [0, 0.1) is 13.8 Å². The van der Waals surface area contributed by atoms with E-state index in [4.69, 9.17) is 9.57 Å². The molecule has 1 aliphatic heterocycles. The number of nitrogens with zero attached hydrogens (tertiary/aromatic N) is 4. The standard InChI is InChI=1S/C19H21F2N5O3/c1-11-7-13(9-15(20)21)8-12(2)16(11)25-10-14-17(24-25)22-19(23-18(14)27)26-3-4-28-5-6-29-26/h7-8,10,15H,3-6,9H2,1-2H3,(H,22,23,24,27). The molecule has 0 unspecified atom stereocenters. The monoisotopic (exact) mass is 405 g/mol. The molecule has 0 amide bonds. The molecule has 1 N–H and O–H groups in total. The number of fused-ring (bicyclic) bond motifs is 1. The molecule has 4 rings (SSSR count). The summed E-state index contributed by atoms with van der Waals surface area (Å²) in [5, 5.41) is 6.28. The minimum atomic E-state index is -2.40. The number of anilines is 1. The number of ether oxygens (including phenoxy) is 1. The van der Waals surface area contributed by atoms with Crippen molar-refractivity contribution < 1.29 is 18.4 Å². The SMILES string of the molecule is Cc1cc(CC(F)F)cc(C)c1-n1cc2c(=O)[nH]c(N3CCOCCO3)nc2n1. The Labute approximate surface area is 165 Å². The lowest BCUT2D eigenvalue weighted by Gasteiger charge is -2.18. The summed E-state index contributed by atoms with van der Waals surface area (Å²) >= 11 is 0. The molecule has 0 spiro atoms. The molecule has 1 aromatic carbocycles. The quantitative estimate of drug-likeness (QED) is 0.717. The van der Waals surface area contributed by atoms with Gasteiger partial charge in [-0.25, -0.2) is 18.5 Å². The maximum Gasteiger partial charge on any atom is 0.263 e. The van der Waals surface area contributed by atoms with Crippen LogP contribution >= 0.6 is 0 Å². The van der Waals surface area contributed by atoms with Gasteiger partial charge in [-0.1, -0.05) is 12.1 Å². The third-order valence-electron chi connectivity index (χ3n) is 4.70. The van der Waals surface area contributed by atoms with E-state index in [1.54, 1.807) is 23.0 Å². The van der Waals surface area contributed by atoms with Crippen molar-refractivity contribution in [3.63, 3.8) is 0 Å². The topological polar surface area (TPSA) is 85.3 Å².